The molecule has 0 spiro atoms. The molecule has 2 aromatic carbocycles. The molecular weight excluding hydrogens is 300 g/mol. The van der Waals surface area contributed by atoms with Crippen LogP contribution in [-0.2, 0) is 13.2 Å². The van der Waals surface area contributed by atoms with Gasteiger partial charge in [-0.2, -0.15) is 0 Å². The second kappa shape index (κ2) is 9.96. The van der Waals surface area contributed by atoms with E-state index in [0.717, 1.165) is 43.1 Å². The molecule has 0 radical (unpaired) electrons. The van der Waals surface area contributed by atoms with Crippen LogP contribution in [0.3, 0.4) is 0 Å². The van der Waals surface area contributed by atoms with Crippen molar-refractivity contribution in [3.05, 3.63) is 59.2 Å². The molecule has 0 saturated heterocycles. The van der Waals surface area contributed by atoms with E-state index in [0.29, 0.717) is 6.61 Å². The number of benzene rings is 2. The summed E-state index contributed by atoms with van der Waals surface area (Å²) < 4.78 is 11.4. The van der Waals surface area contributed by atoms with Crippen molar-refractivity contribution in [1.29, 1.82) is 0 Å². The van der Waals surface area contributed by atoms with Crippen LogP contribution in [0.2, 0.25) is 0 Å². The third kappa shape index (κ3) is 5.87. The first kappa shape index (κ1) is 18.3. The molecule has 4 nitrogen and oxygen atoms in total. The van der Waals surface area contributed by atoms with Gasteiger partial charge in [-0.25, -0.2) is 0 Å². The normalized spacial score (nSPS) is 10.6. The van der Waals surface area contributed by atoms with Crippen molar-refractivity contribution in [2.45, 2.75) is 26.5 Å². The van der Waals surface area contributed by atoms with Crippen LogP contribution >= 0.6 is 0 Å². The first-order valence-electron chi connectivity index (χ1n) is 8.43. The van der Waals surface area contributed by atoms with E-state index >= 15 is 0 Å². The summed E-state index contributed by atoms with van der Waals surface area (Å²) in [7, 11) is 3.65. The zero-order valence-electron chi connectivity index (χ0n) is 14.9. The molecule has 130 valence electrons. The van der Waals surface area contributed by atoms with Crippen LogP contribution in [0.25, 0.3) is 0 Å². The van der Waals surface area contributed by atoms with Crippen LogP contribution in [-0.4, -0.2) is 27.2 Å². The van der Waals surface area contributed by atoms with Crippen LogP contribution in [0.4, 0.5) is 0 Å². The highest BCUT2D eigenvalue weighted by Gasteiger charge is 2.06. The molecule has 0 aliphatic heterocycles. The zero-order chi connectivity index (χ0) is 17.2. The first-order valence-corrected chi connectivity index (χ1v) is 8.43. The highest BCUT2D eigenvalue weighted by Crippen LogP contribution is 2.28. The Morgan fingerprint density at radius 2 is 1.67 bits per heavy atom. The molecule has 2 N–H and O–H groups in total. The largest absolute Gasteiger partial charge is 0.493 e. The fourth-order valence-electron chi connectivity index (χ4n) is 2.41. The number of aryl methyl sites for hydroxylation is 1. The van der Waals surface area contributed by atoms with Gasteiger partial charge in [0.05, 0.1) is 7.11 Å². The number of hydrogen-bond acceptors (Lipinski definition) is 4. The minimum absolute atomic E-state index is 0.540. The van der Waals surface area contributed by atoms with E-state index in [1.807, 2.05) is 19.2 Å². The average Bonchev–Trinajstić information content (AvgIpc) is 2.61. The lowest BCUT2D eigenvalue weighted by Gasteiger charge is -2.13. The molecule has 0 heterocycles. The van der Waals surface area contributed by atoms with E-state index in [4.69, 9.17) is 9.47 Å². The van der Waals surface area contributed by atoms with E-state index in [1.165, 1.54) is 11.1 Å². The Bertz CT molecular complexity index is 612. The van der Waals surface area contributed by atoms with Crippen molar-refractivity contribution in [3.63, 3.8) is 0 Å². The van der Waals surface area contributed by atoms with Crippen molar-refractivity contribution in [2.24, 2.45) is 0 Å². The van der Waals surface area contributed by atoms with Gasteiger partial charge in [0.2, 0.25) is 0 Å². The monoisotopic (exact) mass is 328 g/mol. The van der Waals surface area contributed by atoms with E-state index in [9.17, 15) is 0 Å². The number of methoxy groups -OCH3 is 1. The fraction of sp³-hybridized carbons (Fsp3) is 0.400. The summed E-state index contributed by atoms with van der Waals surface area (Å²) in [6, 6.07) is 14.5. The fourth-order valence-corrected chi connectivity index (χ4v) is 2.41. The molecule has 0 bridgehead atoms. The number of rotatable bonds is 10. The molecule has 24 heavy (non-hydrogen) atoms. The van der Waals surface area contributed by atoms with Gasteiger partial charge in [0.1, 0.15) is 6.61 Å². The predicted molar refractivity (Wildman–Crippen MR) is 98.8 cm³/mol. The third-order valence-electron chi connectivity index (χ3n) is 3.85. The van der Waals surface area contributed by atoms with E-state index < -0.39 is 0 Å². The van der Waals surface area contributed by atoms with Gasteiger partial charge in [0, 0.05) is 6.54 Å². The van der Waals surface area contributed by atoms with Gasteiger partial charge >= 0.3 is 0 Å². The molecule has 0 saturated carbocycles. The van der Waals surface area contributed by atoms with Crippen molar-refractivity contribution >= 4 is 0 Å². The SMILES string of the molecule is CNCCCNCc1ccc(OCc2ccc(C)cc2)c(OC)c1. The summed E-state index contributed by atoms with van der Waals surface area (Å²) in [4.78, 5) is 0. The van der Waals surface area contributed by atoms with Crippen molar-refractivity contribution < 1.29 is 9.47 Å². The third-order valence-corrected chi connectivity index (χ3v) is 3.85. The highest BCUT2D eigenvalue weighted by molar-refractivity contribution is 5.43. The molecule has 0 atom stereocenters. The summed E-state index contributed by atoms with van der Waals surface area (Å²) in [6.45, 7) is 5.48. The molecular formula is C20H28N2O2. The Morgan fingerprint density at radius 3 is 2.38 bits per heavy atom. The van der Waals surface area contributed by atoms with Crippen LogP contribution < -0.4 is 20.1 Å². The van der Waals surface area contributed by atoms with Gasteiger partial charge in [-0.1, -0.05) is 35.9 Å². The highest BCUT2D eigenvalue weighted by atomic mass is 16.5. The molecule has 2 rings (SSSR count). The number of hydrogen-bond donors (Lipinski definition) is 2. The van der Waals surface area contributed by atoms with Crippen LogP contribution in [0.15, 0.2) is 42.5 Å². The van der Waals surface area contributed by atoms with Gasteiger partial charge in [-0.15, -0.1) is 0 Å². The lowest BCUT2D eigenvalue weighted by atomic mass is 10.1. The predicted octanol–water partition coefficient (Wildman–Crippen LogP) is 3.28. The standard InChI is InChI=1S/C20H28N2O2/c1-16-5-7-17(8-6-16)15-24-19-10-9-18(13-20(19)23-3)14-22-12-4-11-21-2/h5-10,13,21-22H,4,11-12,14-15H2,1-3H3. The maximum Gasteiger partial charge on any atom is 0.161 e. The van der Waals surface area contributed by atoms with Crippen LogP contribution in [0, 0.1) is 6.92 Å². The zero-order valence-corrected chi connectivity index (χ0v) is 14.9. The smallest absolute Gasteiger partial charge is 0.161 e. The minimum Gasteiger partial charge on any atom is -0.493 e. The quantitative estimate of drug-likeness (QED) is 0.657. The lowest BCUT2D eigenvalue weighted by molar-refractivity contribution is 0.284. The first-order chi connectivity index (χ1) is 11.7. The molecule has 0 aliphatic carbocycles. The van der Waals surface area contributed by atoms with Gasteiger partial charge < -0.3 is 20.1 Å². The van der Waals surface area contributed by atoms with Crippen LogP contribution in [0.5, 0.6) is 11.5 Å². The second-order valence-electron chi connectivity index (χ2n) is 5.89. The summed E-state index contributed by atoms with van der Waals surface area (Å²) in [5, 5.41) is 6.58. The maximum atomic E-state index is 5.91. The summed E-state index contributed by atoms with van der Waals surface area (Å²) >= 11 is 0. The second-order valence-corrected chi connectivity index (χ2v) is 5.89. The summed E-state index contributed by atoms with van der Waals surface area (Å²) in [6.07, 6.45) is 1.12. The molecule has 0 fully saturated rings. The molecule has 0 aliphatic rings. The van der Waals surface area contributed by atoms with Crippen LogP contribution in [0.1, 0.15) is 23.1 Å². The van der Waals surface area contributed by atoms with E-state index in [-0.39, 0.29) is 0 Å². The van der Waals surface area contributed by atoms with Crippen molar-refractivity contribution in [3.8, 4) is 11.5 Å². The Kier molecular flexibility index (Phi) is 7.59. The molecule has 0 unspecified atom stereocenters. The van der Waals surface area contributed by atoms with Gasteiger partial charge in [0.15, 0.2) is 11.5 Å². The van der Waals surface area contributed by atoms with E-state index in [2.05, 4.69) is 47.9 Å². The Hall–Kier alpha value is -2.04. The molecule has 2 aromatic rings. The lowest BCUT2D eigenvalue weighted by Crippen LogP contribution is -2.19. The summed E-state index contributed by atoms with van der Waals surface area (Å²) in [5.74, 6) is 1.55. The number of ether oxygens (including phenoxy) is 2. The van der Waals surface area contributed by atoms with Gasteiger partial charge in [0.25, 0.3) is 0 Å². The molecule has 4 heteroatoms. The number of nitrogens with one attached hydrogen (secondary N) is 2. The summed E-state index contributed by atoms with van der Waals surface area (Å²) in [5.41, 5.74) is 3.60. The molecule has 0 amide bonds. The Morgan fingerprint density at radius 1 is 0.917 bits per heavy atom. The Balaban J connectivity index is 1.89. The Labute approximate surface area is 145 Å². The van der Waals surface area contributed by atoms with Crippen molar-refractivity contribution in [2.75, 3.05) is 27.2 Å². The maximum absolute atomic E-state index is 5.91. The van der Waals surface area contributed by atoms with Gasteiger partial charge in [-0.05, 0) is 56.7 Å². The van der Waals surface area contributed by atoms with E-state index in [1.54, 1.807) is 7.11 Å². The average molecular weight is 328 g/mol. The van der Waals surface area contributed by atoms with Gasteiger partial charge in [-0.3, -0.25) is 0 Å². The topological polar surface area (TPSA) is 42.5 Å². The minimum atomic E-state index is 0.540. The molecule has 0 aromatic heterocycles. The van der Waals surface area contributed by atoms with Crippen molar-refractivity contribution in [1.82, 2.24) is 10.6 Å².